The van der Waals surface area contributed by atoms with Crippen LogP contribution in [-0.2, 0) is 17.6 Å². The van der Waals surface area contributed by atoms with E-state index in [1.54, 1.807) is 29.1 Å². The van der Waals surface area contributed by atoms with Gasteiger partial charge in [0.15, 0.2) is 0 Å². The van der Waals surface area contributed by atoms with Crippen LogP contribution in [0.1, 0.15) is 10.6 Å². The molecule has 2 aromatic rings. The third-order valence-corrected chi connectivity index (χ3v) is 6.23. The topological polar surface area (TPSA) is 69.6 Å². The van der Waals surface area contributed by atoms with E-state index in [1.165, 1.54) is 11.3 Å². The molecule has 0 radical (unpaired) electrons. The summed E-state index contributed by atoms with van der Waals surface area (Å²) in [5.41, 5.74) is 1.51. The molecule has 2 aromatic heterocycles. The average molecular weight is 425 g/mol. The first-order chi connectivity index (χ1) is 13.7. The molecule has 1 fully saturated rings. The predicted molar refractivity (Wildman–Crippen MR) is 101 cm³/mol. The summed E-state index contributed by atoms with van der Waals surface area (Å²) in [6.07, 6.45) is -2.57. The van der Waals surface area contributed by atoms with Gasteiger partial charge in [0.05, 0.1) is 5.69 Å². The maximum absolute atomic E-state index is 12.7. The van der Waals surface area contributed by atoms with E-state index in [-0.39, 0.29) is 25.5 Å². The van der Waals surface area contributed by atoms with E-state index in [2.05, 4.69) is 9.97 Å². The van der Waals surface area contributed by atoms with Gasteiger partial charge >= 0.3 is 18.1 Å². The number of rotatable bonds is 2. The van der Waals surface area contributed by atoms with E-state index in [4.69, 9.17) is 0 Å². The molecule has 0 saturated carbocycles. The first-order valence-corrected chi connectivity index (χ1v) is 9.89. The van der Waals surface area contributed by atoms with Crippen molar-refractivity contribution in [1.82, 2.24) is 19.8 Å². The van der Waals surface area contributed by atoms with Crippen molar-refractivity contribution in [3.05, 3.63) is 28.9 Å². The fourth-order valence-corrected chi connectivity index (χ4v) is 4.49. The first kappa shape index (κ1) is 19.6. The fourth-order valence-electron chi connectivity index (χ4n) is 3.40. The van der Waals surface area contributed by atoms with Crippen LogP contribution < -0.4 is 4.90 Å². The highest BCUT2D eigenvalue weighted by molar-refractivity contribution is 7.15. The van der Waals surface area contributed by atoms with Gasteiger partial charge in [0, 0.05) is 62.7 Å². The van der Waals surface area contributed by atoms with E-state index in [9.17, 15) is 22.8 Å². The highest BCUT2D eigenvalue weighted by atomic mass is 32.1. The zero-order chi connectivity index (χ0) is 20.8. The molecule has 2 aliphatic rings. The summed E-state index contributed by atoms with van der Waals surface area (Å²) < 4.78 is 38.0. The Hall–Kier alpha value is -2.69. The van der Waals surface area contributed by atoms with Crippen LogP contribution in [0.15, 0.2) is 18.3 Å². The molecule has 3 amide bonds. The fraction of sp³-hybridized carbons (Fsp3) is 0.444. The normalized spacial score (nSPS) is 17.5. The second-order valence-electron chi connectivity index (χ2n) is 6.94. The molecular weight excluding hydrogens is 407 g/mol. The Morgan fingerprint density at radius 3 is 2.52 bits per heavy atom. The van der Waals surface area contributed by atoms with E-state index in [0.717, 1.165) is 26.0 Å². The van der Waals surface area contributed by atoms with Gasteiger partial charge in [-0.05, 0) is 12.1 Å². The number of alkyl halides is 3. The molecule has 7 nitrogen and oxygen atoms in total. The number of fused-ring (bicyclic) bond motifs is 1. The van der Waals surface area contributed by atoms with Crippen molar-refractivity contribution >= 4 is 29.1 Å². The summed E-state index contributed by atoms with van der Waals surface area (Å²) in [4.78, 5) is 37.4. The monoisotopic (exact) mass is 425 g/mol. The van der Waals surface area contributed by atoms with Crippen LogP contribution in [0, 0.1) is 0 Å². The SMILES string of the molecule is CN1CCN(c2ccc(-c3nc4c(s3)CCN(C(=O)C(F)(F)F)CC4)cn2)C1=O. The second-order valence-corrected chi connectivity index (χ2v) is 8.02. The van der Waals surface area contributed by atoms with Crippen LogP contribution in [0.25, 0.3) is 10.6 Å². The summed E-state index contributed by atoms with van der Waals surface area (Å²) in [6.45, 7) is 1.25. The number of likely N-dealkylation sites (N-methyl/N-ethyl adjacent to an activating group) is 1. The number of nitrogens with zero attached hydrogens (tertiary/aromatic N) is 5. The minimum absolute atomic E-state index is 0.00368. The summed E-state index contributed by atoms with van der Waals surface area (Å²) in [6, 6.07) is 3.51. The van der Waals surface area contributed by atoms with Gasteiger partial charge in [-0.15, -0.1) is 11.3 Å². The predicted octanol–water partition coefficient (Wildman–Crippen LogP) is 2.57. The lowest BCUT2D eigenvalue weighted by Crippen LogP contribution is -2.42. The van der Waals surface area contributed by atoms with Crippen LogP contribution in [-0.4, -0.2) is 71.1 Å². The number of hydrogen-bond acceptors (Lipinski definition) is 5. The third kappa shape index (κ3) is 3.78. The molecule has 4 rings (SSSR count). The van der Waals surface area contributed by atoms with E-state index in [1.807, 2.05) is 6.07 Å². The maximum Gasteiger partial charge on any atom is 0.471 e. The third-order valence-electron chi connectivity index (χ3n) is 5.02. The van der Waals surface area contributed by atoms with Gasteiger partial charge in [-0.1, -0.05) is 0 Å². The molecule has 4 heterocycles. The molecule has 0 aromatic carbocycles. The number of hydrogen-bond donors (Lipinski definition) is 0. The number of pyridine rings is 1. The summed E-state index contributed by atoms with van der Waals surface area (Å²) in [7, 11) is 1.74. The van der Waals surface area contributed by atoms with Crippen LogP contribution in [0.4, 0.5) is 23.8 Å². The summed E-state index contributed by atoms with van der Waals surface area (Å²) in [5.74, 6) is -1.22. The average Bonchev–Trinajstić information content (AvgIpc) is 3.18. The number of carbonyl (C=O) groups excluding carboxylic acids is 2. The van der Waals surface area contributed by atoms with Crippen molar-refractivity contribution < 1.29 is 22.8 Å². The van der Waals surface area contributed by atoms with Crippen LogP contribution in [0.5, 0.6) is 0 Å². The highest BCUT2D eigenvalue weighted by Crippen LogP contribution is 2.31. The standard InChI is InChI=1S/C18H18F3N5O2S/c1-24-8-9-26(17(24)28)14-3-2-11(10-22-14)15-23-12-4-6-25(7-5-13(12)29-15)16(27)18(19,20)21/h2-3,10H,4-9H2,1H3. The Kier molecular flexibility index (Phi) is 4.93. The second kappa shape index (κ2) is 7.29. The molecule has 0 bridgehead atoms. The van der Waals surface area contributed by atoms with E-state index in [0.29, 0.717) is 25.3 Å². The maximum atomic E-state index is 12.7. The van der Waals surface area contributed by atoms with Gasteiger partial charge in [0.2, 0.25) is 0 Å². The lowest BCUT2D eigenvalue weighted by atomic mass is 10.2. The van der Waals surface area contributed by atoms with Crippen molar-refractivity contribution in [3.8, 4) is 10.6 Å². The minimum atomic E-state index is -4.85. The minimum Gasteiger partial charge on any atom is -0.334 e. The van der Waals surface area contributed by atoms with Gasteiger partial charge in [-0.2, -0.15) is 13.2 Å². The van der Waals surface area contributed by atoms with Crippen LogP contribution >= 0.6 is 11.3 Å². The smallest absolute Gasteiger partial charge is 0.334 e. The summed E-state index contributed by atoms with van der Waals surface area (Å²) >= 11 is 1.40. The Balaban J connectivity index is 1.48. The molecule has 2 aliphatic heterocycles. The van der Waals surface area contributed by atoms with Crippen LogP contribution in [0.2, 0.25) is 0 Å². The molecule has 0 spiro atoms. The zero-order valence-corrected chi connectivity index (χ0v) is 16.4. The zero-order valence-electron chi connectivity index (χ0n) is 15.6. The lowest BCUT2D eigenvalue weighted by molar-refractivity contribution is -0.185. The molecule has 154 valence electrons. The Morgan fingerprint density at radius 2 is 1.90 bits per heavy atom. The number of carbonyl (C=O) groups is 2. The first-order valence-electron chi connectivity index (χ1n) is 9.08. The van der Waals surface area contributed by atoms with E-state index >= 15 is 0 Å². The number of thiazole rings is 1. The molecule has 11 heteroatoms. The molecule has 0 unspecified atom stereocenters. The van der Waals surface area contributed by atoms with Crippen molar-refractivity contribution in [2.24, 2.45) is 0 Å². The number of halogens is 3. The largest absolute Gasteiger partial charge is 0.471 e. The quantitative estimate of drug-likeness (QED) is 0.742. The lowest BCUT2D eigenvalue weighted by Gasteiger charge is -2.21. The van der Waals surface area contributed by atoms with Gasteiger partial charge in [-0.25, -0.2) is 14.8 Å². The van der Waals surface area contributed by atoms with Crippen molar-refractivity contribution in [2.45, 2.75) is 19.0 Å². The number of urea groups is 1. The van der Waals surface area contributed by atoms with Crippen molar-refractivity contribution in [3.63, 3.8) is 0 Å². The van der Waals surface area contributed by atoms with Gasteiger partial charge in [0.25, 0.3) is 0 Å². The van der Waals surface area contributed by atoms with Crippen LogP contribution in [0.3, 0.4) is 0 Å². The van der Waals surface area contributed by atoms with Crippen molar-refractivity contribution in [2.75, 3.05) is 38.1 Å². The van der Waals surface area contributed by atoms with Gasteiger partial charge in [-0.3, -0.25) is 9.69 Å². The molecule has 0 atom stereocenters. The highest BCUT2D eigenvalue weighted by Gasteiger charge is 2.42. The Labute approximate surface area is 168 Å². The molecule has 1 saturated heterocycles. The number of aromatic nitrogens is 2. The number of amides is 3. The van der Waals surface area contributed by atoms with Crippen molar-refractivity contribution in [1.29, 1.82) is 0 Å². The Morgan fingerprint density at radius 1 is 1.14 bits per heavy atom. The number of anilines is 1. The molecular formula is C18H18F3N5O2S. The Bertz CT molecular complexity index is 918. The molecule has 0 N–H and O–H groups in total. The van der Waals surface area contributed by atoms with Gasteiger partial charge in [0.1, 0.15) is 10.8 Å². The van der Waals surface area contributed by atoms with E-state index < -0.39 is 12.1 Å². The molecule has 29 heavy (non-hydrogen) atoms. The molecule has 0 aliphatic carbocycles. The van der Waals surface area contributed by atoms with Gasteiger partial charge < -0.3 is 9.80 Å². The summed E-state index contributed by atoms with van der Waals surface area (Å²) in [5, 5.41) is 0.731.